The Balaban J connectivity index is 1.20. The number of hydrogen-bond donors (Lipinski definition) is 0. The second-order valence-corrected chi connectivity index (χ2v) is 14.2. The molecule has 0 atom stereocenters. The van der Waals surface area contributed by atoms with Crippen LogP contribution in [0.25, 0.3) is 99.2 Å². The first kappa shape index (κ1) is 29.3. The third kappa shape index (κ3) is 3.97. The zero-order chi connectivity index (χ0) is 35.3. The zero-order valence-corrected chi connectivity index (χ0v) is 29.3. The number of hydrogen-bond acceptors (Lipinski definition) is 0. The maximum atomic E-state index is 2.48. The summed E-state index contributed by atoms with van der Waals surface area (Å²) in [5.41, 5.74) is 12.8. The number of aromatic nitrogens is 4. The van der Waals surface area contributed by atoms with Gasteiger partial charge in [-0.25, -0.2) is 0 Å². The summed E-state index contributed by atoms with van der Waals surface area (Å²) in [6.45, 7) is 0. The Labute approximate surface area is 310 Å². The van der Waals surface area contributed by atoms with Crippen molar-refractivity contribution in [2.24, 2.45) is 0 Å². The highest BCUT2D eigenvalue weighted by atomic mass is 15.1. The second-order valence-electron chi connectivity index (χ2n) is 14.2. The molecule has 4 heterocycles. The van der Waals surface area contributed by atoms with Crippen LogP contribution >= 0.6 is 0 Å². The van der Waals surface area contributed by atoms with Crippen LogP contribution in [0.1, 0.15) is 0 Å². The fourth-order valence-corrected chi connectivity index (χ4v) is 9.15. The van der Waals surface area contributed by atoms with Gasteiger partial charge in [0.15, 0.2) is 0 Å². The molecule has 12 aromatic rings. The Kier molecular flexibility index (Phi) is 6.02. The largest absolute Gasteiger partial charge is 0.309 e. The molecule has 12 rings (SSSR count). The molecule has 54 heavy (non-hydrogen) atoms. The number of fused-ring (bicyclic) bond motifs is 11. The summed E-state index contributed by atoms with van der Waals surface area (Å²) in [6.07, 6.45) is 0. The van der Waals surface area contributed by atoms with Crippen molar-refractivity contribution in [3.05, 3.63) is 194 Å². The molecule has 0 fully saturated rings. The van der Waals surface area contributed by atoms with E-state index in [1.807, 2.05) is 0 Å². The number of benzene rings is 8. The Bertz CT molecular complexity index is 3340. The van der Waals surface area contributed by atoms with E-state index in [1.54, 1.807) is 0 Å². The molecule has 252 valence electrons. The lowest BCUT2D eigenvalue weighted by atomic mass is 10.1. The second kappa shape index (κ2) is 11.1. The van der Waals surface area contributed by atoms with Gasteiger partial charge in [-0.15, -0.1) is 0 Å². The molecule has 0 unspecified atom stereocenters. The lowest BCUT2D eigenvalue weighted by Crippen LogP contribution is -2.03. The normalized spacial score (nSPS) is 12.1. The highest BCUT2D eigenvalue weighted by Gasteiger charge is 2.24. The van der Waals surface area contributed by atoms with Crippen LogP contribution in [0.15, 0.2) is 194 Å². The molecule has 0 spiro atoms. The van der Waals surface area contributed by atoms with E-state index >= 15 is 0 Å². The minimum Gasteiger partial charge on any atom is -0.309 e. The quantitative estimate of drug-likeness (QED) is 0.175. The van der Waals surface area contributed by atoms with Gasteiger partial charge in [-0.05, 0) is 78.9 Å². The van der Waals surface area contributed by atoms with Gasteiger partial charge in [0.25, 0.3) is 0 Å². The van der Waals surface area contributed by atoms with Gasteiger partial charge >= 0.3 is 0 Å². The zero-order valence-electron chi connectivity index (χ0n) is 29.3. The average Bonchev–Trinajstić information content (AvgIpc) is 3.96. The summed E-state index contributed by atoms with van der Waals surface area (Å²) in [5, 5.41) is 8.74. The van der Waals surface area contributed by atoms with Crippen molar-refractivity contribution in [1.82, 2.24) is 18.3 Å². The average molecular weight is 689 g/mol. The monoisotopic (exact) mass is 688 g/mol. The molecule has 4 nitrogen and oxygen atoms in total. The minimum atomic E-state index is 1.11. The van der Waals surface area contributed by atoms with Crippen molar-refractivity contribution >= 4 is 76.5 Å². The summed E-state index contributed by atoms with van der Waals surface area (Å²) in [4.78, 5) is 0. The van der Waals surface area contributed by atoms with Crippen LogP contribution in [-0.4, -0.2) is 18.3 Å². The fourth-order valence-electron chi connectivity index (χ4n) is 9.15. The van der Waals surface area contributed by atoms with Crippen molar-refractivity contribution in [1.29, 1.82) is 0 Å². The van der Waals surface area contributed by atoms with Gasteiger partial charge in [-0.3, -0.25) is 9.13 Å². The molecule has 0 N–H and O–H groups in total. The highest BCUT2D eigenvalue weighted by Crippen LogP contribution is 2.43. The van der Waals surface area contributed by atoms with Crippen LogP contribution < -0.4 is 0 Å². The van der Waals surface area contributed by atoms with Crippen LogP contribution in [0.3, 0.4) is 0 Å². The summed E-state index contributed by atoms with van der Waals surface area (Å²) >= 11 is 0. The smallest absolute Gasteiger partial charge is 0.131 e. The van der Waals surface area contributed by atoms with Crippen molar-refractivity contribution in [3.8, 4) is 22.7 Å². The van der Waals surface area contributed by atoms with Crippen LogP contribution in [-0.2, 0) is 0 Å². The molecular formula is C50H32N4. The van der Waals surface area contributed by atoms with E-state index in [9.17, 15) is 0 Å². The number of para-hydroxylation sites is 6. The van der Waals surface area contributed by atoms with Crippen LogP contribution in [0.2, 0.25) is 0 Å². The first-order valence-electron chi connectivity index (χ1n) is 18.5. The maximum absolute atomic E-state index is 2.48. The van der Waals surface area contributed by atoms with Gasteiger partial charge in [-0.1, -0.05) is 115 Å². The molecule has 0 bridgehead atoms. The molecule has 0 radical (unpaired) electrons. The summed E-state index contributed by atoms with van der Waals surface area (Å²) in [7, 11) is 0. The molecule has 4 heteroatoms. The summed E-state index contributed by atoms with van der Waals surface area (Å²) in [5.74, 6) is 0. The molecule has 0 saturated heterocycles. The molecule has 8 aromatic carbocycles. The predicted octanol–water partition coefficient (Wildman–Crippen LogP) is 12.9. The van der Waals surface area contributed by atoms with Crippen LogP contribution in [0.5, 0.6) is 0 Å². The van der Waals surface area contributed by atoms with Gasteiger partial charge < -0.3 is 9.13 Å². The molecular weight excluding hydrogens is 657 g/mol. The molecule has 4 aromatic heterocycles. The van der Waals surface area contributed by atoms with E-state index in [2.05, 4.69) is 212 Å². The maximum Gasteiger partial charge on any atom is 0.131 e. The van der Waals surface area contributed by atoms with E-state index in [-0.39, 0.29) is 0 Å². The van der Waals surface area contributed by atoms with Gasteiger partial charge in [0.1, 0.15) is 5.65 Å². The fraction of sp³-hybridized carbons (Fsp3) is 0. The molecule has 0 saturated carbocycles. The SMILES string of the molecule is c1ccc(-n2c3ccccc3c3c4cc(-n5c6ccccc6c6ccccc65)ccc4n(-c4cccc(-n5c6ccccc6c6ccccc65)c4)c32)cc1. The molecule has 0 aliphatic heterocycles. The summed E-state index contributed by atoms with van der Waals surface area (Å²) < 4.78 is 9.75. The Morgan fingerprint density at radius 1 is 0.222 bits per heavy atom. The van der Waals surface area contributed by atoms with Crippen LogP contribution in [0, 0.1) is 0 Å². The predicted molar refractivity (Wildman–Crippen MR) is 226 cm³/mol. The standard InChI is InChI=1S/C50H32N4/c1-2-15-33(16-3-1)53-47-28-13-8-23-41(47)49-42-32-36(52-45-26-11-6-21-39(45)40-22-7-12-27-46(40)52)29-30-48(42)54(50(49)53)35-18-14-17-34(31-35)51-43-24-9-4-19-37(43)38-20-5-10-25-44(38)51/h1-32H. The first-order valence-corrected chi connectivity index (χ1v) is 18.5. The van der Waals surface area contributed by atoms with Crippen molar-refractivity contribution in [2.45, 2.75) is 0 Å². The minimum absolute atomic E-state index is 1.11. The molecule has 0 aliphatic rings. The van der Waals surface area contributed by atoms with E-state index in [1.165, 1.54) is 70.8 Å². The van der Waals surface area contributed by atoms with E-state index < -0.39 is 0 Å². The lowest BCUT2D eigenvalue weighted by Gasteiger charge is -2.15. The third-order valence-electron chi connectivity index (χ3n) is 11.3. The van der Waals surface area contributed by atoms with Gasteiger partial charge in [-0.2, -0.15) is 0 Å². The third-order valence-corrected chi connectivity index (χ3v) is 11.3. The van der Waals surface area contributed by atoms with Crippen molar-refractivity contribution in [3.63, 3.8) is 0 Å². The van der Waals surface area contributed by atoms with E-state index in [0.717, 1.165) is 28.4 Å². The Morgan fingerprint density at radius 2 is 0.593 bits per heavy atom. The van der Waals surface area contributed by atoms with Crippen molar-refractivity contribution in [2.75, 3.05) is 0 Å². The highest BCUT2D eigenvalue weighted by molar-refractivity contribution is 6.23. The van der Waals surface area contributed by atoms with E-state index in [0.29, 0.717) is 0 Å². The molecule has 0 amide bonds. The lowest BCUT2D eigenvalue weighted by molar-refractivity contribution is 1.06. The number of rotatable bonds is 4. The Hall–Kier alpha value is -7.30. The van der Waals surface area contributed by atoms with E-state index in [4.69, 9.17) is 0 Å². The first-order chi connectivity index (χ1) is 26.8. The number of nitrogens with zero attached hydrogens (tertiary/aromatic N) is 4. The van der Waals surface area contributed by atoms with Crippen molar-refractivity contribution < 1.29 is 0 Å². The van der Waals surface area contributed by atoms with Crippen LogP contribution in [0.4, 0.5) is 0 Å². The Morgan fingerprint density at radius 3 is 1.13 bits per heavy atom. The van der Waals surface area contributed by atoms with Gasteiger partial charge in [0.2, 0.25) is 0 Å². The molecule has 0 aliphatic carbocycles. The summed E-state index contributed by atoms with van der Waals surface area (Å²) in [6, 6.07) is 70.7. The van der Waals surface area contributed by atoms with Gasteiger partial charge in [0, 0.05) is 60.5 Å². The topological polar surface area (TPSA) is 19.7 Å². The van der Waals surface area contributed by atoms with Gasteiger partial charge in [0.05, 0.1) is 33.1 Å².